The van der Waals surface area contributed by atoms with E-state index < -0.39 is 35.7 Å². The van der Waals surface area contributed by atoms with Gasteiger partial charge in [-0.25, -0.2) is 8.78 Å². The molecule has 136 valence electrons. The first-order chi connectivity index (χ1) is 11.4. The molecule has 0 atom stereocenters. The lowest BCUT2D eigenvalue weighted by Gasteiger charge is -2.32. The van der Waals surface area contributed by atoms with Crippen LogP contribution in [0.15, 0.2) is 17.6 Å². The number of carbonyl (C=O) groups excluding carboxylic acids is 1. The van der Waals surface area contributed by atoms with Crippen molar-refractivity contribution in [3.63, 3.8) is 0 Å². The van der Waals surface area contributed by atoms with Gasteiger partial charge in [-0.1, -0.05) is 6.08 Å². The summed E-state index contributed by atoms with van der Waals surface area (Å²) in [5, 5.41) is 12.5. The summed E-state index contributed by atoms with van der Waals surface area (Å²) < 4.78 is 38.9. The lowest BCUT2D eigenvalue weighted by Crippen LogP contribution is -2.41. The third-order valence-electron chi connectivity index (χ3n) is 4.50. The Morgan fingerprint density at radius 1 is 1.24 bits per heavy atom. The highest BCUT2D eigenvalue weighted by atomic mass is 19.1. The molecular formula is C17H22BF2NO4. The van der Waals surface area contributed by atoms with Crippen LogP contribution in [0.4, 0.5) is 8.78 Å². The van der Waals surface area contributed by atoms with E-state index in [2.05, 4.69) is 5.32 Å². The second kappa shape index (κ2) is 6.76. The van der Waals surface area contributed by atoms with E-state index >= 15 is 0 Å². The number of benzene rings is 1. The fourth-order valence-corrected chi connectivity index (χ4v) is 2.32. The molecule has 1 fully saturated rings. The second-order valence-corrected chi connectivity index (χ2v) is 7.04. The number of phenolic OH excluding ortho intramolecular Hbond substituents is 1. The Kier molecular flexibility index (Phi) is 5.25. The molecule has 2 rings (SSSR count). The van der Waals surface area contributed by atoms with Crippen molar-refractivity contribution in [2.24, 2.45) is 0 Å². The first-order valence-electron chi connectivity index (χ1n) is 7.91. The summed E-state index contributed by atoms with van der Waals surface area (Å²) in [6.45, 7) is 8.85. The van der Waals surface area contributed by atoms with Crippen LogP contribution in [-0.4, -0.2) is 35.9 Å². The molecule has 1 aromatic carbocycles. The van der Waals surface area contributed by atoms with Crippen LogP contribution >= 0.6 is 0 Å². The van der Waals surface area contributed by atoms with Crippen molar-refractivity contribution in [1.82, 2.24) is 5.32 Å². The van der Waals surface area contributed by atoms with E-state index in [1.807, 2.05) is 27.7 Å². The summed E-state index contributed by atoms with van der Waals surface area (Å²) in [5.41, 5.74) is -0.883. The number of amides is 1. The summed E-state index contributed by atoms with van der Waals surface area (Å²) >= 11 is 0. The zero-order chi connectivity index (χ0) is 19.0. The molecule has 1 saturated heterocycles. The highest BCUT2D eigenvalue weighted by molar-refractivity contribution is 6.56. The summed E-state index contributed by atoms with van der Waals surface area (Å²) in [5.74, 6) is -2.86. The van der Waals surface area contributed by atoms with E-state index in [-0.39, 0.29) is 18.0 Å². The zero-order valence-electron chi connectivity index (χ0n) is 14.9. The van der Waals surface area contributed by atoms with Crippen LogP contribution < -0.4 is 5.32 Å². The van der Waals surface area contributed by atoms with E-state index in [4.69, 9.17) is 9.31 Å². The predicted octanol–water partition coefficient (Wildman–Crippen LogP) is 2.82. The molecule has 1 aromatic rings. The Balaban J connectivity index is 2.42. The van der Waals surface area contributed by atoms with Crippen molar-refractivity contribution in [1.29, 1.82) is 0 Å². The average molecular weight is 353 g/mol. The third kappa shape index (κ3) is 4.19. The topological polar surface area (TPSA) is 67.8 Å². The molecule has 1 aliphatic rings. The van der Waals surface area contributed by atoms with Crippen molar-refractivity contribution in [3.05, 3.63) is 34.8 Å². The Hall–Kier alpha value is -1.93. The summed E-state index contributed by atoms with van der Waals surface area (Å²) in [6, 6.07) is 1.59. The fraction of sp³-hybridized carbons (Fsp3) is 0.471. The van der Waals surface area contributed by atoms with Crippen molar-refractivity contribution in [3.8, 4) is 5.75 Å². The normalized spacial score (nSPS) is 19.2. The number of nitrogens with one attached hydrogen (secondary N) is 1. The Morgan fingerprint density at radius 3 is 2.32 bits per heavy atom. The van der Waals surface area contributed by atoms with E-state index in [1.165, 1.54) is 13.0 Å². The Bertz CT molecular complexity index is 703. The molecule has 8 heteroatoms. The van der Waals surface area contributed by atoms with Gasteiger partial charge in [0, 0.05) is 25.1 Å². The standard InChI is InChI=1S/C17H22BF2NO4/c1-10(22)21-9-12(18-24-16(2,3)17(4,5)25-18)6-11-7-13(19)8-14(20)15(11)23/h6-8,23H,9H2,1-5H3,(H,21,22). The van der Waals surface area contributed by atoms with Gasteiger partial charge >= 0.3 is 7.12 Å². The van der Waals surface area contributed by atoms with Crippen molar-refractivity contribution in [2.45, 2.75) is 45.8 Å². The van der Waals surface area contributed by atoms with Crippen LogP contribution in [-0.2, 0) is 14.1 Å². The number of hydrogen-bond acceptors (Lipinski definition) is 4. The monoisotopic (exact) mass is 353 g/mol. The summed E-state index contributed by atoms with van der Waals surface area (Å²) in [7, 11) is -0.831. The van der Waals surface area contributed by atoms with Crippen molar-refractivity contribution in [2.75, 3.05) is 6.54 Å². The lowest BCUT2D eigenvalue weighted by molar-refractivity contribution is -0.118. The van der Waals surface area contributed by atoms with Crippen molar-refractivity contribution >= 4 is 19.1 Å². The molecule has 0 saturated carbocycles. The van der Waals surface area contributed by atoms with Gasteiger partial charge < -0.3 is 19.7 Å². The van der Waals surface area contributed by atoms with Gasteiger partial charge in [-0.3, -0.25) is 4.79 Å². The predicted molar refractivity (Wildman–Crippen MR) is 90.8 cm³/mol. The smallest absolute Gasteiger partial charge is 0.492 e. The molecule has 0 aromatic heterocycles. The number of aromatic hydroxyl groups is 1. The molecule has 25 heavy (non-hydrogen) atoms. The average Bonchev–Trinajstić information content (AvgIpc) is 2.68. The van der Waals surface area contributed by atoms with Crippen molar-refractivity contribution < 1.29 is 28.0 Å². The molecule has 1 aliphatic heterocycles. The van der Waals surface area contributed by atoms with Gasteiger partial charge in [-0.15, -0.1) is 0 Å². The van der Waals surface area contributed by atoms with Crippen LogP contribution in [0.25, 0.3) is 6.08 Å². The second-order valence-electron chi connectivity index (χ2n) is 7.04. The number of rotatable bonds is 4. The SMILES string of the molecule is CC(=O)NCC(=Cc1cc(F)cc(F)c1O)B1OC(C)(C)C(C)(C)O1. The minimum absolute atomic E-state index is 0.0454. The highest BCUT2D eigenvalue weighted by Crippen LogP contribution is 2.39. The molecule has 0 radical (unpaired) electrons. The number of carbonyl (C=O) groups is 1. The Morgan fingerprint density at radius 2 is 1.80 bits per heavy atom. The van der Waals surface area contributed by atoms with E-state index in [0.29, 0.717) is 11.5 Å². The van der Waals surface area contributed by atoms with Gasteiger partial charge in [0.1, 0.15) is 5.82 Å². The maximum absolute atomic E-state index is 13.6. The van der Waals surface area contributed by atoms with E-state index in [9.17, 15) is 18.7 Å². The van der Waals surface area contributed by atoms with Crippen LogP contribution in [0.5, 0.6) is 5.75 Å². The highest BCUT2D eigenvalue weighted by Gasteiger charge is 2.52. The Labute approximate surface area is 146 Å². The first-order valence-corrected chi connectivity index (χ1v) is 7.91. The molecule has 0 spiro atoms. The molecule has 1 amide bonds. The molecule has 5 nitrogen and oxygen atoms in total. The summed E-state index contributed by atoms with van der Waals surface area (Å²) in [4.78, 5) is 11.3. The maximum atomic E-state index is 13.6. The first kappa shape index (κ1) is 19.4. The fourth-order valence-electron chi connectivity index (χ4n) is 2.32. The van der Waals surface area contributed by atoms with Crippen LogP contribution in [0, 0.1) is 11.6 Å². The van der Waals surface area contributed by atoms with Gasteiger partial charge in [-0.05, 0) is 39.2 Å². The quantitative estimate of drug-likeness (QED) is 0.817. The number of phenols is 1. The summed E-state index contributed by atoms with van der Waals surface area (Å²) in [6.07, 6.45) is 1.36. The van der Waals surface area contributed by atoms with Gasteiger partial charge in [0.25, 0.3) is 0 Å². The largest absolute Gasteiger partial charge is 0.504 e. The zero-order valence-corrected chi connectivity index (χ0v) is 14.9. The minimum atomic E-state index is -1.07. The van der Waals surface area contributed by atoms with Gasteiger partial charge in [0.15, 0.2) is 11.6 Å². The molecule has 1 heterocycles. The van der Waals surface area contributed by atoms with E-state index in [0.717, 1.165) is 6.07 Å². The van der Waals surface area contributed by atoms with Crippen LogP contribution in [0.3, 0.4) is 0 Å². The van der Waals surface area contributed by atoms with Gasteiger partial charge in [0.2, 0.25) is 5.91 Å². The van der Waals surface area contributed by atoms with Crippen LogP contribution in [0.2, 0.25) is 0 Å². The number of halogens is 2. The number of hydrogen-bond donors (Lipinski definition) is 2. The van der Waals surface area contributed by atoms with E-state index in [1.54, 1.807) is 0 Å². The molecular weight excluding hydrogens is 331 g/mol. The maximum Gasteiger partial charge on any atom is 0.492 e. The van der Waals surface area contributed by atoms with Gasteiger partial charge in [-0.2, -0.15) is 0 Å². The minimum Gasteiger partial charge on any atom is -0.504 e. The molecule has 0 unspecified atom stereocenters. The third-order valence-corrected chi connectivity index (χ3v) is 4.50. The van der Waals surface area contributed by atoms with Crippen LogP contribution in [0.1, 0.15) is 40.2 Å². The van der Waals surface area contributed by atoms with Gasteiger partial charge in [0.05, 0.1) is 11.2 Å². The lowest BCUT2D eigenvalue weighted by atomic mass is 9.77. The molecule has 0 aliphatic carbocycles. The molecule has 2 N–H and O–H groups in total. The molecule has 0 bridgehead atoms.